The van der Waals surface area contributed by atoms with Gasteiger partial charge in [0.25, 0.3) is 0 Å². The average molecular weight is 286 g/mol. The SMILES string of the molecule is O=C(O)c1cc(-c2cccs2)nn1-c1ccc(O)cc1. The predicted molar refractivity (Wildman–Crippen MR) is 75.5 cm³/mol. The first kappa shape index (κ1) is 12.4. The first-order valence-electron chi connectivity index (χ1n) is 5.82. The molecule has 0 aliphatic carbocycles. The van der Waals surface area contributed by atoms with Gasteiger partial charge in [0, 0.05) is 6.07 Å². The number of aromatic carboxylic acids is 1. The summed E-state index contributed by atoms with van der Waals surface area (Å²) in [5.41, 5.74) is 1.28. The van der Waals surface area contributed by atoms with Gasteiger partial charge in [0.1, 0.15) is 11.4 Å². The lowest BCUT2D eigenvalue weighted by molar-refractivity contribution is 0.0687. The number of hydrogen-bond acceptors (Lipinski definition) is 4. The lowest BCUT2D eigenvalue weighted by Gasteiger charge is -2.04. The number of benzene rings is 1. The summed E-state index contributed by atoms with van der Waals surface area (Å²) in [6.07, 6.45) is 0. The first-order chi connectivity index (χ1) is 9.65. The van der Waals surface area contributed by atoms with Gasteiger partial charge in [0.05, 0.1) is 10.6 Å². The number of phenols is 1. The number of aromatic hydroxyl groups is 1. The molecular weight excluding hydrogens is 276 g/mol. The largest absolute Gasteiger partial charge is 0.508 e. The van der Waals surface area contributed by atoms with Crippen LogP contribution in [0, 0.1) is 0 Å². The van der Waals surface area contributed by atoms with Gasteiger partial charge >= 0.3 is 5.97 Å². The number of rotatable bonds is 3. The number of aromatic nitrogens is 2. The molecule has 3 aromatic rings. The fraction of sp³-hybridized carbons (Fsp3) is 0. The Hall–Kier alpha value is -2.60. The number of hydrogen-bond donors (Lipinski definition) is 2. The highest BCUT2D eigenvalue weighted by Gasteiger charge is 2.17. The molecule has 0 aliphatic rings. The quantitative estimate of drug-likeness (QED) is 0.776. The third-order valence-corrected chi connectivity index (χ3v) is 3.69. The molecule has 0 atom stereocenters. The van der Waals surface area contributed by atoms with E-state index >= 15 is 0 Å². The third-order valence-electron chi connectivity index (χ3n) is 2.80. The summed E-state index contributed by atoms with van der Waals surface area (Å²) in [7, 11) is 0. The summed E-state index contributed by atoms with van der Waals surface area (Å²) >= 11 is 1.50. The molecule has 0 spiro atoms. The molecule has 2 N–H and O–H groups in total. The van der Waals surface area contributed by atoms with Gasteiger partial charge in [0.2, 0.25) is 0 Å². The van der Waals surface area contributed by atoms with Crippen molar-refractivity contribution in [3.8, 4) is 22.0 Å². The van der Waals surface area contributed by atoms with Crippen LogP contribution in [0.2, 0.25) is 0 Å². The van der Waals surface area contributed by atoms with Crippen LogP contribution in [0.1, 0.15) is 10.5 Å². The second-order valence-electron chi connectivity index (χ2n) is 4.13. The fourth-order valence-corrected chi connectivity index (χ4v) is 2.55. The van der Waals surface area contributed by atoms with Crippen molar-refractivity contribution in [1.29, 1.82) is 0 Å². The van der Waals surface area contributed by atoms with E-state index in [4.69, 9.17) is 0 Å². The molecule has 100 valence electrons. The highest BCUT2D eigenvalue weighted by atomic mass is 32.1. The second-order valence-corrected chi connectivity index (χ2v) is 5.07. The molecule has 0 radical (unpaired) electrons. The Balaban J connectivity index is 2.14. The number of carbonyl (C=O) groups is 1. The van der Waals surface area contributed by atoms with Crippen LogP contribution >= 0.6 is 11.3 Å². The predicted octanol–water partition coefficient (Wildman–Crippen LogP) is 3.00. The normalized spacial score (nSPS) is 10.6. The molecule has 3 rings (SSSR count). The fourth-order valence-electron chi connectivity index (χ4n) is 1.87. The van der Waals surface area contributed by atoms with Gasteiger partial charge in [-0.1, -0.05) is 6.07 Å². The molecule has 2 aromatic heterocycles. The van der Waals surface area contributed by atoms with Crippen molar-refractivity contribution in [2.45, 2.75) is 0 Å². The Kier molecular flexibility index (Phi) is 3.00. The number of phenolic OH excluding ortho intramolecular Hbond substituents is 1. The van der Waals surface area contributed by atoms with E-state index in [0.29, 0.717) is 11.4 Å². The van der Waals surface area contributed by atoms with Gasteiger partial charge < -0.3 is 10.2 Å². The summed E-state index contributed by atoms with van der Waals surface area (Å²) in [5.74, 6) is -0.926. The van der Waals surface area contributed by atoms with Gasteiger partial charge in [-0.15, -0.1) is 11.3 Å². The lowest BCUT2D eigenvalue weighted by atomic mass is 10.3. The summed E-state index contributed by atoms with van der Waals surface area (Å²) in [6, 6.07) is 11.5. The summed E-state index contributed by atoms with van der Waals surface area (Å²) in [4.78, 5) is 12.2. The highest BCUT2D eigenvalue weighted by molar-refractivity contribution is 7.13. The maximum atomic E-state index is 11.3. The zero-order valence-electron chi connectivity index (χ0n) is 10.2. The zero-order chi connectivity index (χ0) is 14.1. The van der Waals surface area contributed by atoms with E-state index in [0.717, 1.165) is 4.88 Å². The van der Waals surface area contributed by atoms with E-state index < -0.39 is 5.97 Å². The van der Waals surface area contributed by atoms with Crippen LogP contribution in [0.25, 0.3) is 16.3 Å². The van der Waals surface area contributed by atoms with Gasteiger partial charge in [-0.25, -0.2) is 9.48 Å². The minimum Gasteiger partial charge on any atom is -0.508 e. The molecule has 0 unspecified atom stereocenters. The number of carboxylic acid groups (broad SMARTS) is 1. The van der Waals surface area contributed by atoms with Crippen LogP contribution in [-0.2, 0) is 0 Å². The van der Waals surface area contributed by atoms with Crippen LogP contribution in [0.4, 0.5) is 0 Å². The molecule has 2 heterocycles. The van der Waals surface area contributed by atoms with Gasteiger partial charge in [0.15, 0.2) is 5.69 Å². The zero-order valence-corrected chi connectivity index (χ0v) is 11.0. The van der Waals surface area contributed by atoms with Crippen molar-refractivity contribution in [1.82, 2.24) is 9.78 Å². The van der Waals surface area contributed by atoms with Crippen LogP contribution in [-0.4, -0.2) is 26.0 Å². The number of carboxylic acids is 1. The van der Waals surface area contributed by atoms with Crippen LogP contribution in [0.15, 0.2) is 47.8 Å². The van der Waals surface area contributed by atoms with Crippen molar-refractivity contribution < 1.29 is 15.0 Å². The molecule has 1 aromatic carbocycles. The monoisotopic (exact) mass is 286 g/mol. The van der Waals surface area contributed by atoms with E-state index in [1.54, 1.807) is 18.2 Å². The number of nitrogens with zero attached hydrogens (tertiary/aromatic N) is 2. The summed E-state index contributed by atoms with van der Waals surface area (Å²) in [5, 5.41) is 24.8. The van der Waals surface area contributed by atoms with E-state index in [1.165, 1.54) is 28.2 Å². The molecule has 20 heavy (non-hydrogen) atoms. The molecular formula is C14H10N2O3S. The van der Waals surface area contributed by atoms with Gasteiger partial charge in [-0.05, 0) is 35.7 Å². The van der Waals surface area contributed by atoms with Crippen LogP contribution in [0.3, 0.4) is 0 Å². The minimum absolute atomic E-state index is 0.0825. The molecule has 0 fully saturated rings. The Morgan fingerprint density at radius 1 is 1.20 bits per heavy atom. The van der Waals surface area contributed by atoms with Crippen molar-refractivity contribution in [2.75, 3.05) is 0 Å². The van der Waals surface area contributed by atoms with Gasteiger partial charge in [-0.2, -0.15) is 5.10 Å². The van der Waals surface area contributed by atoms with E-state index in [9.17, 15) is 15.0 Å². The first-order valence-corrected chi connectivity index (χ1v) is 6.70. The van der Waals surface area contributed by atoms with Gasteiger partial charge in [-0.3, -0.25) is 0 Å². The maximum Gasteiger partial charge on any atom is 0.354 e. The summed E-state index contributed by atoms with van der Waals surface area (Å²) in [6.45, 7) is 0. The molecule has 0 amide bonds. The summed E-state index contributed by atoms with van der Waals surface area (Å²) < 4.78 is 1.36. The molecule has 0 bridgehead atoms. The van der Waals surface area contributed by atoms with Crippen molar-refractivity contribution in [2.24, 2.45) is 0 Å². The van der Waals surface area contributed by atoms with Crippen LogP contribution in [0.5, 0.6) is 5.75 Å². The van der Waals surface area contributed by atoms with Crippen molar-refractivity contribution in [3.05, 3.63) is 53.5 Å². The second kappa shape index (κ2) is 4.82. The average Bonchev–Trinajstić information content (AvgIpc) is 3.08. The third kappa shape index (κ3) is 2.17. The van der Waals surface area contributed by atoms with E-state index in [2.05, 4.69) is 5.10 Å². The van der Waals surface area contributed by atoms with E-state index in [1.807, 2.05) is 17.5 Å². The Morgan fingerprint density at radius 2 is 1.95 bits per heavy atom. The topological polar surface area (TPSA) is 75.3 Å². The van der Waals surface area contributed by atoms with Crippen molar-refractivity contribution >= 4 is 17.3 Å². The molecule has 0 aliphatic heterocycles. The lowest BCUT2D eigenvalue weighted by Crippen LogP contribution is -2.07. The Morgan fingerprint density at radius 3 is 2.55 bits per heavy atom. The highest BCUT2D eigenvalue weighted by Crippen LogP contribution is 2.26. The Bertz CT molecular complexity index is 745. The number of thiophene rings is 1. The smallest absolute Gasteiger partial charge is 0.354 e. The minimum atomic E-state index is -1.05. The Labute approximate surface area is 118 Å². The maximum absolute atomic E-state index is 11.3. The molecule has 0 saturated carbocycles. The molecule has 6 heteroatoms. The molecule has 0 saturated heterocycles. The van der Waals surface area contributed by atoms with Crippen LogP contribution < -0.4 is 0 Å². The van der Waals surface area contributed by atoms with Crippen molar-refractivity contribution in [3.63, 3.8) is 0 Å². The standard InChI is InChI=1S/C14H10N2O3S/c17-10-5-3-9(4-6-10)16-12(14(18)19)8-11(15-16)13-2-1-7-20-13/h1-8,17H,(H,18,19). The van der Waals surface area contributed by atoms with E-state index in [-0.39, 0.29) is 11.4 Å². The molecule has 5 nitrogen and oxygen atoms in total.